The highest BCUT2D eigenvalue weighted by atomic mass is 15.1. The molecule has 1 aromatic rings. The summed E-state index contributed by atoms with van der Waals surface area (Å²) in [5, 5.41) is 3.56. The molecule has 0 atom stereocenters. The summed E-state index contributed by atoms with van der Waals surface area (Å²) >= 11 is 0. The molecule has 0 radical (unpaired) electrons. The van der Waals surface area contributed by atoms with Crippen LogP contribution in [0.5, 0.6) is 0 Å². The summed E-state index contributed by atoms with van der Waals surface area (Å²) in [6, 6.07) is 6.60. The molecular weight excluding hydrogens is 184 g/mol. The normalized spacial score (nSPS) is 15.9. The largest absolute Gasteiger partial charge is 0.383 e. The zero-order valence-corrected chi connectivity index (χ0v) is 9.88. The Morgan fingerprint density at radius 3 is 2.87 bits per heavy atom. The highest BCUT2D eigenvalue weighted by Gasteiger charge is 2.15. The van der Waals surface area contributed by atoms with Crippen LogP contribution in [0.1, 0.15) is 31.7 Å². The Morgan fingerprint density at radius 2 is 2.13 bits per heavy atom. The van der Waals surface area contributed by atoms with E-state index in [-0.39, 0.29) is 0 Å². The minimum atomic E-state index is 0.582. The highest BCUT2D eigenvalue weighted by Crippen LogP contribution is 2.34. The fourth-order valence-electron chi connectivity index (χ4n) is 2.20. The molecule has 0 fully saturated rings. The van der Waals surface area contributed by atoms with E-state index in [2.05, 4.69) is 49.3 Å². The number of anilines is 2. The van der Waals surface area contributed by atoms with Crippen molar-refractivity contribution in [3.05, 3.63) is 23.8 Å². The number of benzene rings is 1. The average Bonchev–Trinajstić information content (AvgIpc) is 2.40. The Labute approximate surface area is 92.3 Å². The lowest BCUT2D eigenvalue weighted by Gasteiger charge is -2.22. The Hall–Kier alpha value is -1.18. The van der Waals surface area contributed by atoms with E-state index >= 15 is 0 Å². The molecule has 15 heavy (non-hydrogen) atoms. The van der Waals surface area contributed by atoms with E-state index in [1.165, 1.54) is 23.4 Å². The number of nitrogens with one attached hydrogen (secondary N) is 1. The SMILES string of the molecule is CC(C)c1cccc2c1NCCCN2C. The van der Waals surface area contributed by atoms with Crippen molar-refractivity contribution < 1.29 is 0 Å². The van der Waals surface area contributed by atoms with Gasteiger partial charge in [0.1, 0.15) is 0 Å². The number of nitrogens with zero attached hydrogens (tertiary/aromatic N) is 1. The van der Waals surface area contributed by atoms with Gasteiger partial charge in [0.15, 0.2) is 0 Å². The van der Waals surface area contributed by atoms with Crippen LogP contribution in [0.25, 0.3) is 0 Å². The lowest BCUT2D eigenvalue weighted by molar-refractivity contribution is 0.837. The van der Waals surface area contributed by atoms with Gasteiger partial charge in [-0.05, 0) is 24.0 Å². The average molecular weight is 204 g/mol. The van der Waals surface area contributed by atoms with Crippen LogP contribution in [0.15, 0.2) is 18.2 Å². The standard InChI is InChI=1S/C13H20N2/c1-10(2)11-6-4-7-12-13(11)14-8-5-9-15(12)3/h4,6-7,10,14H,5,8-9H2,1-3H3. The van der Waals surface area contributed by atoms with Gasteiger partial charge < -0.3 is 10.2 Å². The molecule has 0 unspecified atom stereocenters. The molecule has 1 aliphatic heterocycles. The van der Waals surface area contributed by atoms with Crippen LogP contribution in [-0.4, -0.2) is 20.1 Å². The number of para-hydroxylation sites is 1. The van der Waals surface area contributed by atoms with Crippen molar-refractivity contribution in [2.45, 2.75) is 26.2 Å². The number of fused-ring (bicyclic) bond motifs is 1. The maximum absolute atomic E-state index is 3.56. The molecular formula is C13H20N2. The van der Waals surface area contributed by atoms with Crippen molar-refractivity contribution in [3.63, 3.8) is 0 Å². The quantitative estimate of drug-likeness (QED) is 0.756. The molecule has 1 N–H and O–H groups in total. The van der Waals surface area contributed by atoms with E-state index in [0.717, 1.165) is 13.1 Å². The predicted octanol–water partition coefficient (Wildman–Crippen LogP) is 3.06. The Balaban J connectivity index is 2.48. The second kappa shape index (κ2) is 4.13. The Morgan fingerprint density at radius 1 is 1.33 bits per heavy atom. The molecule has 0 aliphatic carbocycles. The molecule has 82 valence electrons. The smallest absolute Gasteiger partial charge is 0.0613 e. The Kier molecular flexibility index (Phi) is 2.85. The minimum Gasteiger partial charge on any atom is -0.383 e. The Bertz CT molecular complexity index is 344. The highest BCUT2D eigenvalue weighted by molar-refractivity contribution is 5.74. The van der Waals surface area contributed by atoms with Crippen molar-refractivity contribution in [2.24, 2.45) is 0 Å². The predicted molar refractivity (Wildman–Crippen MR) is 66.9 cm³/mol. The number of rotatable bonds is 1. The molecule has 0 saturated carbocycles. The zero-order valence-electron chi connectivity index (χ0n) is 9.88. The zero-order chi connectivity index (χ0) is 10.8. The van der Waals surface area contributed by atoms with Crippen LogP contribution in [-0.2, 0) is 0 Å². The molecule has 1 aliphatic rings. The molecule has 2 heteroatoms. The maximum atomic E-state index is 3.56. The lowest BCUT2D eigenvalue weighted by atomic mass is 10.00. The summed E-state index contributed by atoms with van der Waals surface area (Å²) in [6.07, 6.45) is 1.21. The van der Waals surface area contributed by atoms with Gasteiger partial charge in [0.05, 0.1) is 11.4 Å². The van der Waals surface area contributed by atoms with Gasteiger partial charge in [0, 0.05) is 20.1 Å². The van der Waals surface area contributed by atoms with Crippen LogP contribution < -0.4 is 10.2 Å². The van der Waals surface area contributed by atoms with Crippen LogP contribution >= 0.6 is 0 Å². The van der Waals surface area contributed by atoms with Crippen molar-refractivity contribution in [1.82, 2.24) is 0 Å². The summed E-state index contributed by atoms with van der Waals surface area (Å²) in [5.41, 5.74) is 4.12. The molecule has 0 spiro atoms. The molecule has 1 aromatic carbocycles. The van der Waals surface area contributed by atoms with E-state index in [0.29, 0.717) is 5.92 Å². The van der Waals surface area contributed by atoms with Gasteiger partial charge in [-0.2, -0.15) is 0 Å². The van der Waals surface area contributed by atoms with E-state index in [9.17, 15) is 0 Å². The van der Waals surface area contributed by atoms with E-state index in [4.69, 9.17) is 0 Å². The van der Waals surface area contributed by atoms with Gasteiger partial charge in [-0.1, -0.05) is 26.0 Å². The maximum Gasteiger partial charge on any atom is 0.0613 e. The second-order valence-corrected chi connectivity index (χ2v) is 4.60. The molecule has 2 rings (SSSR count). The van der Waals surface area contributed by atoms with Gasteiger partial charge in [-0.25, -0.2) is 0 Å². The lowest BCUT2D eigenvalue weighted by Crippen LogP contribution is -2.17. The topological polar surface area (TPSA) is 15.3 Å². The molecule has 2 nitrogen and oxygen atoms in total. The van der Waals surface area contributed by atoms with Crippen molar-refractivity contribution in [1.29, 1.82) is 0 Å². The van der Waals surface area contributed by atoms with Gasteiger partial charge in [-0.15, -0.1) is 0 Å². The number of hydrogen-bond acceptors (Lipinski definition) is 2. The van der Waals surface area contributed by atoms with Crippen molar-refractivity contribution in [3.8, 4) is 0 Å². The molecule has 1 heterocycles. The summed E-state index contributed by atoms with van der Waals surface area (Å²) < 4.78 is 0. The van der Waals surface area contributed by atoms with E-state index in [1.54, 1.807) is 0 Å². The third-order valence-electron chi connectivity index (χ3n) is 3.08. The molecule has 0 amide bonds. The fraction of sp³-hybridized carbons (Fsp3) is 0.538. The first kappa shape index (κ1) is 10.3. The third-order valence-corrected chi connectivity index (χ3v) is 3.08. The van der Waals surface area contributed by atoms with E-state index in [1.807, 2.05) is 0 Å². The summed E-state index contributed by atoms with van der Waals surface area (Å²) in [4.78, 5) is 2.35. The van der Waals surface area contributed by atoms with Crippen LogP contribution in [0.3, 0.4) is 0 Å². The van der Waals surface area contributed by atoms with Gasteiger partial charge >= 0.3 is 0 Å². The van der Waals surface area contributed by atoms with E-state index < -0.39 is 0 Å². The summed E-state index contributed by atoms with van der Waals surface area (Å²) in [7, 11) is 2.18. The second-order valence-electron chi connectivity index (χ2n) is 4.60. The van der Waals surface area contributed by atoms with Crippen LogP contribution in [0, 0.1) is 0 Å². The first-order valence-corrected chi connectivity index (χ1v) is 5.78. The van der Waals surface area contributed by atoms with Crippen molar-refractivity contribution in [2.75, 3.05) is 30.4 Å². The fourth-order valence-corrected chi connectivity index (χ4v) is 2.20. The molecule has 0 saturated heterocycles. The molecule has 0 aromatic heterocycles. The molecule has 0 bridgehead atoms. The third kappa shape index (κ3) is 1.94. The first-order chi connectivity index (χ1) is 7.20. The van der Waals surface area contributed by atoms with Gasteiger partial charge in [0.2, 0.25) is 0 Å². The summed E-state index contributed by atoms with van der Waals surface area (Å²) in [5.74, 6) is 0.582. The number of hydrogen-bond donors (Lipinski definition) is 1. The monoisotopic (exact) mass is 204 g/mol. The van der Waals surface area contributed by atoms with Gasteiger partial charge in [-0.3, -0.25) is 0 Å². The van der Waals surface area contributed by atoms with Gasteiger partial charge in [0.25, 0.3) is 0 Å². The summed E-state index contributed by atoms with van der Waals surface area (Å²) in [6.45, 7) is 6.73. The van der Waals surface area contributed by atoms with Crippen LogP contribution in [0.2, 0.25) is 0 Å². The minimum absolute atomic E-state index is 0.582. The van der Waals surface area contributed by atoms with Crippen molar-refractivity contribution >= 4 is 11.4 Å². The first-order valence-electron chi connectivity index (χ1n) is 5.78. The van der Waals surface area contributed by atoms with Crippen LogP contribution in [0.4, 0.5) is 11.4 Å².